The van der Waals surface area contributed by atoms with Crippen molar-refractivity contribution in [3.8, 4) is 16.9 Å². The first-order valence-electron chi connectivity index (χ1n) is 9.46. The number of alkyl halides is 3. The van der Waals surface area contributed by atoms with E-state index in [0.29, 0.717) is 16.7 Å². The van der Waals surface area contributed by atoms with Gasteiger partial charge >= 0.3 is 12.1 Å². The van der Waals surface area contributed by atoms with E-state index in [1.165, 1.54) is 48.5 Å². The molecule has 3 aromatic carbocycles. The molecule has 1 N–H and O–H groups in total. The number of aromatic nitrogens is 3. The third-order valence-electron chi connectivity index (χ3n) is 4.84. The summed E-state index contributed by atoms with van der Waals surface area (Å²) in [6, 6.07) is 14.7. The fraction of sp³-hybridized carbons (Fsp3) is 0.0455. The van der Waals surface area contributed by atoms with Crippen molar-refractivity contribution in [3.05, 3.63) is 88.9 Å². The first-order valence-corrected chi connectivity index (χ1v) is 11.3. The Morgan fingerprint density at radius 3 is 2.21 bits per heavy atom. The van der Waals surface area contributed by atoms with Gasteiger partial charge in [0, 0.05) is 10.6 Å². The van der Waals surface area contributed by atoms with Gasteiger partial charge in [-0.25, -0.2) is 17.9 Å². The van der Waals surface area contributed by atoms with Gasteiger partial charge in [-0.2, -0.15) is 13.2 Å². The maximum atomic E-state index is 13.4. The van der Waals surface area contributed by atoms with Gasteiger partial charge in [-0.15, -0.1) is 5.10 Å². The minimum absolute atomic E-state index is 0.00582. The average molecular weight is 508 g/mol. The fourth-order valence-corrected chi connectivity index (χ4v) is 4.67. The molecule has 0 saturated heterocycles. The summed E-state index contributed by atoms with van der Waals surface area (Å²) >= 11 is 5.94. The highest BCUT2D eigenvalue weighted by Crippen LogP contribution is 2.35. The molecule has 34 heavy (non-hydrogen) atoms. The van der Waals surface area contributed by atoms with E-state index >= 15 is 0 Å². The molecule has 4 rings (SSSR count). The second kappa shape index (κ2) is 8.58. The molecule has 1 aromatic heterocycles. The van der Waals surface area contributed by atoms with Gasteiger partial charge < -0.3 is 5.11 Å². The minimum Gasteiger partial charge on any atom is -0.478 e. The molecule has 0 atom stereocenters. The molecule has 174 valence electrons. The summed E-state index contributed by atoms with van der Waals surface area (Å²) in [6.45, 7) is 0. The van der Waals surface area contributed by atoms with Crippen LogP contribution in [0.3, 0.4) is 0 Å². The van der Waals surface area contributed by atoms with Crippen LogP contribution < -0.4 is 0 Å². The average Bonchev–Trinajstić information content (AvgIpc) is 3.25. The van der Waals surface area contributed by atoms with Crippen LogP contribution in [-0.2, 0) is 16.0 Å². The second-order valence-electron chi connectivity index (χ2n) is 7.04. The lowest BCUT2D eigenvalue weighted by Gasteiger charge is -2.11. The topological polar surface area (TPSA) is 102 Å². The Balaban J connectivity index is 1.93. The molecule has 0 amide bonds. The predicted octanol–water partition coefficient (Wildman–Crippen LogP) is 5.14. The molecule has 0 spiro atoms. The number of carbonyl (C=O) groups is 1. The molecule has 0 aliphatic heterocycles. The number of aromatic carboxylic acids is 1. The van der Waals surface area contributed by atoms with Crippen LogP contribution in [0.1, 0.15) is 15.9 Å². The largest absolute Gasteiger partial charge is 0.478 e. The molecule has 0 aliphatic rings. The Kier molecular flexibility index (Phi) is 5.92. The van der Waals surface area contributed by atoms with Crippen molar-refractivity contribution in [1.29, 1.82) is 0 Å². The smallest absolute Gasteiger partial charge is 0.416 e. The number of rotatable bonds is 5. The van der Waals surface area contributed by atoms with Crippen molar-refractivity contribution in [2.45, 2.75) is 16.1 Å². The Morgan fingerprint density at radius 2 is 1.62 bits per heavy atom. The molecule has 0 saturated carbocycles. The zero-order valence-corrected chi connectivity index (χ0v) is 18.4. The summed E-state index contributed by atoms with van der Waals surface area (Å²) in [5.41, 5.74) is -0.556. The van der Waals surface area contributed by atoms with Gasteiger partial charge in [0.15, 0.2) is 0 Å². The molecule has 1 heterocycles. The van der Waals surface area contributed by atoms with E-state index in [2.05, 4.69) is 10.3 Å². The third kappa shape index (κ3) is 4.39. The molecule has 4 aromatic rings. The summed E-state index contributed by atoms with van der Waals surface area (Å²) < 4.78 is 67.4. The quantitative estimate of drug-likeness (QED) is 0.401. The highest BCUT2D eigenvalue weighted by molar-refractivity contribution is 7.91. The number of carboxylic acid groups (broad SMARTS) is 1. The molecule has 0 unspecified atom stereocenters. The van der Waals surface area contributed by atoms with Gasteiger partial charge in [-0.05, 0) is 54.6 Å². The van der Waals surface area contributed by atoms with Crippen LogP contribution in [0.25, 0.3) is 16.9 Å². The first kappa shape index (κ1) is 23.5. The van der Waals surface area contributed by atoms with Gasteiger partial charge in [0.05, 0.1) is 21.7 Å². The van der Waals surface area contributed by atoms with Crippen LogP contribution in [0.15, 0.2) is 82.7 Å². The van der Waals surface area contributed by atoms with E-state index in [0.717, 1.165) is 22.9 Å². The van der Waals surface area contributed by atoms with Crippen molar-refractivity contribution in [2.75, 3.05) is 0 Å². The van der Waals surface area contributed by atoms with Crippen LogP contribution in [0.4, 0.5) is 13.2 Å². The van der Waals surface area contributed by atoms with Crippen molar-refractivity contribution < 1.29 is 31.5 Å². The third-order valence-corrected chi connectivity index (χ3v) is 6.75. The molecular formula is C22H13ClF3N3O4S. The molecule has 12 heteroatoms. The summed E-state index contributed by atoms with van der Waals surface area (Å²) in [4.78, 5) is 10.5. The van der Waals surface area contributed by atoms with E-state index < -0.39 is 37.5 Å². The predicted molar refractivity (Wildman–Crippen MR) is 116 cm³/mol. The zero-order valence-electron chi connectivity index (χ0n) is 16.9. The lowest BCUT2D eigenvalue weighted by atomic mass is 10.1. The summed E-state index contributed by atoms with van der Waals surface area (Å²) in [5.74, 6) is -1.16. The van der Waals surface area contributed by atoms with Crippen molar-refractivity contribution in [3.63, 3.8) is 0 Å². The monoisotopic (exact) mass is 507 g/mol. The van der Waals surface area contributed by atoms with Crippen molar-refractivity contribution in [2.24, 2.45) is 0 Å². The lowest BCUT2D eigenvalue weighted by Crippen LogP contribution is -2.09. The second-order valence-corrected chi connectivity index (χ2v) is 9.34. The van der Waals surface area contributed by atoms with E-state index in [1.54, 1.807) is 0 Å². The van der Waals surface area contributed by atoms with E-state index in [9.17, 15) is 26.4 Å². The Labute approximate surface area is 196 Å². The number of carboxylic acids is 1. The maximum Gasteiger partial charge on any atom is 0.416 e. The van der Waals surface area contributed by atoms with Gasteiger partial charge in [-0.3, -0.25) is 0 Å². The Bertz CT molecular complexity index is 1480. The van der Waals surface area contributed by atoms with E-state index in [4.69, 9.17) is 16.7 Å². The number of sulfone groups is 1. The summed E-state index contributed by atoms with van der Waals surface area (Å²) in [7, 11) is -4.54. The molecule has 0 aliphatic carbocycles. The molecule has 0 fully saturated rings. The standard InChI is InChI=1S/C22H13ClF3N3O4S/c23-16-8-4-13(5-9-16)19-20(27-28-29(19)17-10-6-14(7-11-17)21(30)31)34(32,33)18-3-1-2-15(12-18)22(24,25)26/h1-12H,(H,30,31). The van der Waals surface area contributed by atoms with Gasteiger partial charge in [0.2, 0.25) is 14.9 Å². The number of halogens is 4. The minimum atomic E-state index is -4.74. The lowest BCUT2D eigenvalue weighted by molar-refractivity contribution is -0.137. The van der Waals surface area contributed by atoms with Crippen LogP contribution >= 0.6 is 11.6 Å². The van der Waals surface area contributed by atoms with E-state index in [-0.39, 0.29) is 16.9 Å². The maximum absolute atomic E-state index is 13.4. The zero-order chi connectivity index (χ0) is 24.7. The summed E-state index contributed by atoms with van der Waals surface area (Å²) in [6.07, 6.45) is -4.74. The number of hydrogen-bond acceptors (Lipinski definition) is 5. The van der Waals surface area contributed by atoms with Gasteiger partial charge in [0.1, 0.15) is 5.69 Å². The highest BCUT2D eigenvalue weighted by Gasteiger charge is 2.34. The van der Waals surface area contributed by atoms with Crippen LogP contribution in [-0.4, -0.2) is 34.5 Å². The van der Waals surface area contributed by atoms with Gasteiger partial charge in [0.25, 0.3) is 0 Å². The number of benzene rings is 3. The Morgan fingerprint density at radius 1 is 0.971 bits per heavy atom. The number of nitrogens with zero attached hydrogens (tertiary/aromatic N) is 3. The van der Waals surface area contributed by atoms with E-state index in [1.807, 2.05) is 0 Å². The molecule has 0 radical (unpaired) electrons. The Hall–Kier alpha value is -3.70. The van der Waals surface area contributed by atoms with Crippen LogP contribution in [0.5, 0.6) is 0 Å². The van der Waals surface area contributed by atoms with Crippen LogP contribution in [0.2, 0.25) is 5.02 Å². The fourth-order valence-electron chi connectivity index (χ4n) is 3.18. The number of hydrogen-bond donors (Lipinski definition) is 1. The SMILES string of the molecule is O=C(O)c1ccc(-n2nnc(S(=O)(=O)c3cccc(C(F)(F)F)c3)c2-c2ccc(Cl)cc2)cc1. The first-order chi connectivity index (χ1) is 16.0. The summed E-state index contributed by atoms with van der Waals surface area (Å²) in [5, 5.41) is 16.6. The van der Waals surface area contributed by atoms with Crippen LogP contribution in [0, 0.1) is 0 Å². The molecule has 7 nitrogen and oxygen atoms in total. The van der Waals surface area contributed by atoms with Crippen molar-refractivity contribution >= 4 is 27.4 Å². The normalized spacial score (nSPS) is 12.0. The molecule has 0 bridgehead atoms. The van der Waals surface area contributed by atoms with Gasteiger partial charge in [-0.1, -0.05) is 35.0 Å². The van der Waals surface area contributed by atoms with Crippen molar-refractivity contribution in [1.82, 2.24) is 15.0 Å². The molecular weight excluding hydrogens is 495 g/mol. The highest BCUT2D eigenvalue weighted by atomic mass is 35.5.